The predicted molar refractivity (Wildman–Crippen MR) is 94.4 cm³/mol. The lowest BCUT2D eigenvalue weighted by Gasteiger charge is -2.18. The van der Waals surface area contributed by atoms with Gasteiger partial charge in [-0.3, -0.25) is 19.8 Å². The van der Waals surface area contributed by atoms with Crippen LogP contribution in [0.5, 0.6) is 0 Å². The summed E-state index contributed by atoms with van der Waals surface area (Å²) < 4.78 is 0. The van der Waals surface area contributed by atoms with E-state index in [0.29, 0.717) is 33.3 Å². The highest BCUT2D eigenvalue weighted by atomic mass is 32.1. The number of carbonyl (C=O) groups is 2. The fraction of sp³-hybridized carbons (Fsp3) is 0.467. The summed E-state index contributed by atoms with van der Waals surface area (Å²) in [5.41, 5.74) is 0.620. The first-order valence-electron chi connectivity index (χ1n) is 7.35. The first kappa shape index (κ1) is 17.6. The third-order valence-electron chi connectivity index (χ3n) is 3.19. The van der Waals surface area contributed by atoms with Gasteiger partial charge in [-0.25, -0.2) is 9.97 Å². The van der Waals surface area contributed by atoms with Crippen LogP contribution in [0, 0.1) is 12.8 Å². The first-order valence-corrected chi connectivity index (χ1v) is 9.04. The Labute approximate surface area is 143 Å². The number of aromatic nitrogens is 2. The number of thiazole rings is 2. The lowest BCUT2D eigenvalue weighted by atomic mass is 10.1. The Balaban J connectivity index is 2.17. The number of hydrogen-bond acceptors (Lipinski definition) is 6. The molecule has 0 saturated heterocycles. The SMILES string of the molecule is CC(=O)N(CCC(C)C)c1nc(C)c(C(=O)Nc2nccs2)s1. The minimum Gasteiger partial charge on any atom is -0.297 e. The Morgan fingerprint density at radius 1 is 1.39 bits per heavy atom. The summed E-state index contributed by atoms with van der Waals surface area (Å²) in [6.45, 7) is 8.12. The maximum atomic E-state index is 12.3. The molecule has 2 aromatic heterocycles. The molecule has 2 heterocycles. The zero-order chi connectivity index (χ0) is 17.0. The number of nitrogens with zero attached hydrogens (tertiary/aromatic N) is 3. The summed E-state index contributed by atoms with van der Waals surface area (Å²) in [5.74, 6) is 0.186. The zero-order valence-corrected chi connectivity index (χ0v) is 15.3. The molecule has 0 aliphatic carbocycles. The van der Waals surface area contributed by atoms with Crippen LogP contribution in [0.3, 0.4) is 0 Å². The van der Waals surface area contributed by atoms with Gasteiger partial charge in [-0.1, -0.05) is 25.2 Å². The quantitative estimate of drug-likeness (QED) is 0.862. The van der Waals surface area contributed by atoms with E-state index in [1.165, 1.54) is 29.6 Å². The van der Waals surface area contributed by atoms with E-state index in [0.717, 1.165) is 6.42 Å². The third kappa shape index (κ3) is 4.59. The fourth-order valence-corrected chi connectivity index (χ4v) is 3.48. The molecule has 0 aliphatic rings. The summed E-state index contributed by atoms with van der Waals surface area (Å²) in [6, 6.07) is 0. The van der Waals surface area contributed by atoms with Crippen LogP contribution < -0.4 is 10.2 Å². The van der Waals surface area contributed by atoms with Crippen molar-refractivity contribution in [2.24, 2.45) is 5.92 Å². The van der Waals surface area contributed by atoms with E-state index >= 15 is 0 Å². The smallest absolute Gasteiger partial charge is 0.269 e. The van der Waals surface area contributed by atoms with Gasteiger partial charge < -0.3 is 0 Å². The van der Waals surface area contributed by atoms with Crippen LogP contribution in [0.25, 0.3) is 0 Å². The van der Waals surface area contributed by atoms with Crippen LogP contribution in [-0.2, 0) is 4.79 Å². The molecule has 0 radical (unpaired) electrons. The summed E-state index contributed by atoms with van der Waals surface area (Å²) in [5, 5.41) is 5.66. The Hall–Kier alpha value is -1.80. The normalized spacial score (nSPS) is 10.8. The van der Waals surface area contributed by atoms with E-state index in [4.69, 9.17) is 0 Å². The van der Waals surface area contributed by atoms with Gasteiger partial charge in [0.05, 0.1) is 5.69 Å². The Kier molecular flexibility index (Phi) is 5.84. The molecule has 124 valence electrons. The van der Waals surface area contributed by atoms with Crippen LogP contribution in [-0.4, -0.2) is 28.3 Å². The summed E-state index contributed by atoms with van der Waals surface area (Å²) in [4.78, 5) is 34.8. The number of aryl methyl sites for hydroxylation is 1. The van der Waals surface area contributed by atoms with Gasteiger partial charge in [-0.05, 0) is 19.3 Å². The Morgan fingerprint density at radius 3 is 2.70 bits per heavy atom. The minimum absolute atomic E-state index is 0.0636. The third-order valence-corrected chi connectivity index (χ3v) is 5.05. The number of rotatable bonds is 6. The van der Waals surface area contributed by atoms with Crippen molar-refractivity contribution in [3.8, 4) is 0 Å². The van der Waals surface area contributed by atoms with Gasteiger partial charge in [0.2, 0.25) is 5.91 Å². The van der Waals surface area contributed by atoms with Crippen LogP contribution in [0.4, 0.5) is 10.3 Å². The number of carbonyl (C=O) groups excluding carboxylic acids is 2. The highest BCUT2D eigenvalue weighted by Gasteiger charge is 2.21. The second-order valence-corrected chi connectivity index (χ2v) is 7.43. The zero-order valence-electron chi connectivity index (χ0n) is 13.6. The van der Waals surface area contributed by atoms with E-state index in [1.54, 1.807) is 23.4 Å². The van der Waals surface area contributed by atoms with Gasteiger partial charge in [-0.2, -0.15) is 0 Å². The first-order chi connectivity index (χ1) is 10.9. The number of anilines is 2. The van der Waals surface area contributed by atoms with E-state index in [-0.39, 0.29) is 11.8 Å². The average Bonchev–Trinajstić information content (AvgIpc) is 3.08. The molecule has 6 nitrogen and oxygen atoms in total. The molecule has 0 spiro atoms. The summed E-state index contributed by atoms with van der Waals surface area (Å²) in [7, 11) is 0. The summed E-state index contributed by atoms with van der Waals surface area (Å²) >= 11 is 2.59. The van der Waals surface area contributed by atoms with Crippen molar-refractivity contribution >= 4 is 44.8 Å². The standard InChI is InChI=1S/C15H20N4O2S2/c1-9(2)5-7-19(11(4)20)15-17-10(3)12(23-15)13(21)18-14-16-6-8-22-14/h6,8-9H,5,7H2,1-4H3,(H,16,18,21). The molecule has 2 rings (SSSR count). The van der Waals surface area contributed by atoms with Crippen molar-refractivity contribution in [1.29, 1.82) is 0 Å². The van der Waals surface area contributed by atoms with Crippen molar-refractivity contribution < 1.29 is 9.59 Å². The van der Waals surface area contributed by atoms with Crippen molar-refractivity contribution in [2.75, 3.05) is 16.8 Å². The van der Waals surface area contributed by atoms with Gasteiger partial charge >= 0.3 is 0 Å². The molecule has 1 N–H and O–H groups in total. The number of hydrogen-bond donors (Lipinski definition) is 1. The van der Waals surface area contributed by atoms with Gasteiger partial charge in [0.15, 0.2) is 10.3 Å². The Bertz CT molecular complexity index is 680. The maximum absolute atomic E-state index is 12.3. The summed E-state index contributed by atoms with van der Waals surface area (Å²) in [6.07, 6.45) is 2.52. The minimum atomic E-state index is -0.242. The lowest BCUT2D eigenvalue weighted by molar-refractivity contribution is -0.116. The molecule has 0 unspecified atom stereocenters. The topological polar surface area (TPSA) is 75.2 Å². The second kappa shape index (κ2) is 7.65. The molecule has 0 aromatic carbocycles. The molecule has 0 aliphatic heterocycles. The maximum Gasteiger partial charge on any atom is 0.269 e. The van der Waals surface area contributed by atoms with Crippen molar-refractivity contribution in [3.05, 3.63) is 22.1 Å². The van der Waals surface area contributed by atoms with Gasteiger partial charge in [0, 0.05) is 25.0 Å². The van der Waals surface area contributed by atoms with Crippen molar-refractivity contribution in [3.63, 3.8) is 0 Å². The molecule has 23 heavy (non-hydrogen) atoms. The van der Waals surface area contributed by atoms with E-state index < -0.39 is 0 Å². The molecular weight excluding hydrogens is 332 g/mol. The van der Waals surface area contributed by atoms with E-state index in [2.05, 4.69) is 29.1 Å². The van der Waals surface area contributed by atoms with E-state index in [9.17, 15) is 9.59 Å². The van der Waals surface area contributed by atoms with Crippen LogP contribution in [0.15, 0.2) is 11.6 Å². The highest BCUT2D eigenvalue weighted by molar-refractivity contribution is 7.18. The molecule has 2 amide bonds. The Morgan fingerprint density at radius 2 is 2.13 bits per heavy atom. The van der Waals surface area contributed by atoms with Gasteiger partial charge in [0.1, 0.15) is 4.88 Å². The number of amides is 2. The van der Waals surface area contributed by atoms with Crippen LogP contribution >= 0.6 is 22.7 Å². The fourth-order valence-electron chi connectivity index (χ4n) is 1.92. The second-order valence-electron chi connectivity index (χ2n) is 5.56. The van der Waals surface area contributed by atoms with Crippen LogP contribution in [0.1, 0.15) is 42.6 Å². The molecule has 0 atom stereocenters. The van der Waals surface area contributed by atoms with Crippen LogP contribution in [0.2, 0.25) is 0 Å². The van der Waals surface area contributed by atoms with Gasteiger partial charge in [0.25, 0.3) is 5.91 Å². The number of nitrogens with one attached hydrogen (secondary N) is 1. The van der Waals surface area contributed by atoms with Crippen molar-refractivity contribution in [1.82, 2.24) is 9.97 Å². The predicted octanol–water partition coefficient (Wildman–Crippen LogP) is 3.56. The molecule has 8 heteroatoms. The van der Waals surface area contributed by atoms with Crippen molar-refractivity contribution in [2.45, 2.75) is 34.1 Å². The lowest BCUT2D eigenvalue weighted by Crippen LogP contribution is -2.30. The van der Waals surface area contributed by atoms with E-state index in [1.807, 2.05) is 0 Å². The highest BCUT2D eigenvalue weighted by Crippen LogP contribution is 2.28. The molecule has 0 fully saturated rings. The van der Waals surface area contributed by atoms with Gasteiger partial charge in [-0.15, -0.1) is 11.3 Å². The molecule has 0 saturated carbocycles. The molecular formula is C15H20N4O2S2. The molecule has 2 aromatic rings. The average molecular weight is 352 g/mol. The monoisotopic (exact) mass is 352 g/mol. The largest absolute Gasteiger partial charge is 0.297 e. The molecule has 0 bridgehead atoms.